The summed E-state index contributed by atoms with van der Waals surface area (Å²) in [6.45, 7) is 6.66. The first-order valence-corrected chi connectivity index (χ1v) is 4.90. The van der Waals surface area contributed by atoms with E-state index in [4.69, 9.17) is 5.73 Å². The molecule has 1 saturated heterocycles. The second-order valence-corrected chi connectivity index (χ2v) is 4.53. The molecule has 1 aliphatic heterocycles. The molecule has 0 aromatic heterocycles. The van der Waals surface area contributed by atoms with Gasteiger partial charge in [-0.15, -0.1) is 0 Å². The van der Waals surface area contributed by atoms with Crippen LogP contribution in [0.4, 0.5) is 0 Å². The lowest BCUT2D eigenvalue weighted by Gasteiger charge is -2.43. The molecule has 1 fully saturated rings. The zero-order valence-corrected chi connectivity index (χ0v) is 8.56. The van der Waals surface area contributed by atoms with Crippen molar-refractivity contribution in [3.8, 4) is 6.07 Å². The summed E-state index contributed by atoms with van der Waals surface area (Å²) >= 11 is 0. The van der Waals surface area contributed by atoms with Crippen LogP contribution in [0.25, 0.3) is 0 Å². The van der Waals surface area contributed by atoms with Crippen LogP contribution < -0.4 is 11.1 Å². The molecule has 0 atom stereocenters. The zero-order valence-electron chi connectivity index (χ0n) is 8.56. The van der Waals surface area contributed by atoms with Crippen molar-refractivity contribution in [1.29, 1.82) is 5.26 Å². The molecular formula is C10H19N3. The summed E-state index contributed by atoms with van der Waals surface area (Å²) in [7, 11) is 0. The Morgan fingerprint density at radius 2 is 2.00 bits per heavy atom. The van der Waals surface area contributed by atoms with Crippen LogP contribution in [0.3, 0.4) is 0 Å². The van der Waals surface area contributed by atoms with Gasteiger partial charge in [-0.1, -0.05) is 13.8 Å². The highest BCUT2D eigenvalue weighted by atomic mass is 14.9. The molecule has 1 rings (SSSR count). The normalized spacial score (nSPS) is 22.3. The SMILES string of the molecule is CC(C)(CN)C1(C#N)CCNCC1. The first-order valence-electron chi connectivity index (χ1n) is 4.90. The molecule has 74 valence electrons. The largest absolute Gasteiger partial charge is 0.330 e. The molecule has 0 amide bonds. The Hall–Kier alpha value is -0.590. The summed E-state index contributed by atoms with van der Waals surface area (Å²) < 4.78 is 0. The molecule has 3 N–H and O–H groups in total. The van der Waals surface area contributed by atoms with E-state index in [1.807, 2.05) is 0 Å². The molecule has 0 radical (unpaired) electrons. The van der Waals surface area contributed by atoms with E-state index >= 15 is 0 Å². The molecular weight excluding hydrogens is 162 g/mol. The van der Waals surface area contributed by atoms with Crippen molar-refractivity contribution in [1.82, 2.24) is 5.32 Å². The fourth-order valence-corrected chi connectivity index (χ4v) is 1.99. The molecule has 1 aliphatic rings. The summed E-state index contributed by atoms with van der Waals surface area (Å²) in [5, 5.41) is 12.6. The molecule has 1 heterocycles. The van der Waals surface area contributed by atoms with E-state index in [1.165, 1.54) is 0 Å². The number of hydrogen-bond donors (Lipinski definition) is 2. The van der Waals surface area contributed by atoms with Crippen LogP contribution in [-0.4, -0.2) is 19.6 Å². The van der Waals surface area contributed by atoms with Gasteiger partial charge in [0.15, 0.2) is 0 Å². The number of nitrogens with one attached hydrogen (secondary N) is 1. The Morgan fingerprint density at radius 3 is 2.38 bits per heavy atom. The highest BCUT2D eigenvalue weighted by Gasteiger charge is 2.45. The number of nitrogens with two attached hydrogens (primary N) is 1. The van der Waals surface area contributed by atoms with Crippen LogP contribution in [-0.2, 0) is 0 Å². The molecule has 0 aromatic rings. The maximum atomic E-state index is 9.27. The van der Waals surface area contributed by atoms with E-state index in [9.17, 15) is 5.26 Å². The number of nitrogens with zero attached hydrogens (tertiary/aromatic N) is 1. The van der Waals surface area contributed by atoms with E-state index < -0.39 is 0 Å². The minimum absolute atomic E-state index is 0.0656. The monoisotopic (exact) mass is 181 g/mol. The second-order valence-electron chi connectivity index (χ2n) is 4.53. The van der Waals surface area contributed by atoms with Gasteiger partial charge >= 0.3 is 0 Å². The molecule has 13 heavy (non-hydrogen) atoms. The highest BCUT2D eigenvalue weighted by molar-refractivity contribution is 5.09. The van der Waals surface area contributed by atoms with E-state index in [0.29, 0.717) is 6.54 Å². The Bertz CT molecular complexity index is 209. The van der Waals surface area contributed by atoms with Gasteiger partial charge in [-0.2, -0.15) is 5.26 Å². The second kappa shape index (κ2) is 3.65. The third kappa shape index (κ3) is 1.70. The van der Waals surface area contributed by atoms with Crippen molar-refractivity contribution in [2.75, 3.05) is 19.6 Å². The van der Waals surface area contributed by atoms with Crippen LogP contribution in [0, 0.1) is 22.2 Å². The topological polar surface area (TPSA) is 61.8 Å². The third-order valence-corrected chi connectivity index (χ3v) is 3.48. The fourth-order valence-electron chi connectivity index (χ4n) is 1.99. The first-order chi connectivity index (χ1) is 6.08. The standard InChI is InChI=1S/C10H19N3/c1-9(2,7-11)10(8-12)3-5-13-6-4-10/h13H,3-7,11H2,1-2H3. The summed E-state index contributed by atoms with van der Waals surface area (Å²) in [5.41, 5.74) is 5.45. The van der Waals surface area contributed by atoms with Crippen LogP contribution in [0.15, 0.2) is 0 Å². The Labute approximate surface area is 80.3 Å². The number of hydrogen-bond acceptors (Lipinski definition) is 3. The van der Waals surface area contributed by atoms with Gasteiger partial charge in [-0.05, 0) is 37.9 Å². The fraction of sp³-hybridized carbons (Fsp3) is 0.900. The summed E-state index contributed by atoms with van der Waals surface area (Å²) in [6.07, 6.45) is 1.85. The summed E-state index contributed by atoms with van der Waals surface area (Å²) in [5.74, 6) is 0. The van der Waals surface area contributed by atoms with Crippen molar-refractivity contribution in [2.45, 2.75) is 26.7 Å². The minimum Gasteiger partial charge on any atom is -0.330 e. The van der Waals surface area contributed by atoms with Crippen molar-refractivity contribution < 1.29 is 0 Å². The predicted molar refractivity (Wildman–Crippen MR) is 53.0 cm³/mol. The first kappa shape index (κ1) is 10.5. The minimum atomic E-state index is -0.215. The molecule has 0 bridgehead atoms. The van der Waals surface area contributed by atoms with Gasteiger partial charge in [0.1, 0.15) is 0 Å². The molecule has 0 saturated carbocycles. The number of piperidine rings is 1. The van der Waals surface area contributed by atoms with Crippen molar-refractivity contribution >= 4 is 0 Å². The van der Waals surface area contributed by atoms with E-state index in [0.717, 1.165) is 25.9 Å². The molecule has 0 aromatic carbocycles. The molecule has 3 heteroatoms. The molecule has 3 nitrogen and oxygen atoms in total. The summed E-state index contributed by atoms with van der Waals surface area (Å²) in [6, 6.07) is 2.49. The van der Waals surface area contributed by atoms with Crippen LogP contribution in [0.1, 0.15) is 26.7 Å². The van der Waals surface area contributed by atoms with Crippen LogP contribution in [0.5, 0.6) is 0 Å². The average molecular weight is 181 g/mol. The van der Waals surface area contributed by atoms with E-state index in [-0.39, 0.29) is 10.8 Å². The van der Waals surface area contributed by atoms with Gasteiger partial charge in [0.25, 0.3) is 0 Å². The smallest absolute Gasteiger partial charge is 0.0696 e. The van der Waals surface area contributed by atoms with Gasteiger partial charge in [0, 0.05) is 0 Å². The number of rotatable bonds is 2. The average Bonchev–Trinajstić information content (AvgIpc) is 2.18. The van der Waals surface area contributed by atoms with Gasteiger partial charge in [0.05, 0.1) is 11.5 Å². The Kier molecular flexibility index (Phi) is 2.94. The quantitative estimate of drug-likeness (QED) is 0.664. The van der Waals surface area contributed by atoms with Crippen LogP contribution >= 0.6 is 0 Å². The van der Waals surface area contributed by atoms with E-state index in [1.54, 1.807) is 0 Å². The van der Waals surface area contributed by atoms with Gasteiger partial charge in [-0.3, -0.25) is 0 Å². The van der Waals surface area contributed by atoms with Crippen molar-refractivity contribution in [3.63, 3.8) is 0 Å². The third-order valence-electron chi connectivity index (χ3n) is 3.48. The predicted octanol–water partition coefficient (Wildman–Crippen LogP) is 0.865. The van der Waals surface area contributed by atoms with Gasteiger partial charge in [0.2, 0.25) is 0 Å². The van der Waals surface area contributed by atoms with Gasteiger partial charge in [-0.25, -0.2) is 0 Å². The summed E-state index contributed by atoms with van der Waals surface area (Å²) in [4.78, 5) is 0. The Morgan fingerprint density at radius 1 is 1.46 bits per heavy atom. The molecule has 0 unspecified atom stereocenters. The van der Waals surface area contributed by atoms with Gasteiger partial charge < -0.3 is 11.1 Å². The lowest BCUT2D eigenvalue weighted by Crippen LogP contribution is -2.48. The highest BCUT2D eigenvalue weighted by Crippen LogP contribution is 2.44. The van der Waals surface area contributed by atoms with E-state index in [2.05, 4.69) is 25.2 Å². The van der Waals surface area contributed by atoms with Crippen molar-refractivity contribution in [3.05, 3.63) is 0 Å². The Balaban J connectivity index is 2.86. The zero-order chi connectivity index (χ0) is 9.95. The lowest BCUT2D eigenvalue weighted by molar-refractivity contribution is 0.0990. The molecule has 0 spiro atoms. The molecule has 0 aliphatic carbocycles. The lowest BCUT2D eigenvalue weighted by atomic mass is 9.61. The maximum Gasteiger partial charge on any atom is 0.0696 e. The maximum absolute atomic E-state index is 9.27. The number of nitriles is 1. The van der Waals surface area contributed by atoms with Crippen LogP contribution in [0.2, 0.25) is 0 Å². The van der Waals surface area contributed by atoms with Crippen molar-refractivity contribution in [2.24, 2.45) is 16.6 Å².